The molecule has 0 bridgehead atoms. The molecule has 0 aliphatic heterocycles. The molecular formula is C18H15Cl5Si2. The second-order valence-corrected chi connectivity index (χ2v) is 19.9. The van der Waals surface area contributed by atoms with Crippen LogP contribution in [-0.2, 0) is 0 Å². The van der Waals surface area contributed by atoms with E-state index in [4.69, 9.17) is 55.4 Å². The van der Waals surface area contributed by atoms with Crippen LogP contribution in [-0.4, -0.2) is 12.7 Å². The number of halogens is 5. The Morgan fingerprint density at radius 3 is 0.920 bits per heavy atom. The molecule has 130 valence electrons. The molecule has 0 saturated carbocycles. The predicted octanol–water partition coefficient (Wildman–Crippen LogP) is 5.27. The first-order valence-electron chi connectivity index (χ1n) is 7.43. The Kier molecular flexibility index (Phi) is 7.90. The van der Waals surface area contributed by atoms with Crippen LogP contribution >= 0.6 is 55.4 Å². The van der Waals surface area contributed by atoms with Gasteiger partial charge in [0.25, 0.3) is 0 Å². The summed E-state index contributed by atoms with van der Waals surface area (Å²) in [5, 5.41) is 2.89. The number of benzene rings is 3. The molecule has 3 aromatic carbocycles. The van der Waals surface area contributed by atoms with Gasteiger partial charge in [0.15, 0.2) is 0 Å². The lowest BCUT2D eigenvalue weighted by atomic mass is 10.4. The van der Waals surface area contributed by atoms with E-state index in [9.17, 15) is 0 Å². The maximum Gasteiger partial charge on any atom is 0.372 e. The molecule has 0 aliphatic carbocycles. The van der Waals surface area contributed by atoms with E-state index in [1.807, 2.05) is 91.0 Å². The monoisotopic (exact) mass is 462 g/mol. The second kappa shape index (κ2) is 9.47. The van der Waals surface area contributed by atoms with Crippen molar-refractivity contribution in [1.29, 1.82) is 0 Å². The highest BCUT2D eigenvalue weighted by atomic mass is 35.8. The summed E-state index contributed by atoms with van der Waals surface area (Å²) in [6, 6.07) is 26.4. The quantitative estimate of drug-likeness (QED) is 0.366. The van der Waals surface area contributed by atoms with Crippen LogP contribution in [0.15, 0.2) is 91.0 Å². The van der Waals surface area contributed by atoms with Crippen molar-refractivity contribution < 1.29 is 0 Å². The minimum atomic E-state index is -2.62. The Labute approximate surface area is 173 Å². The van der Waals surface area contributed by atoms with Crippen LogP contribution in [0, 0.1) is 0 Å². The van der Waals surface area contributed by atoms with E-state index in [1.165, 1.54) is 0 Å². The SMILES string of the molecule is Cl[Si](Cl)(Cl)c1ccccc1.Cl[Si](Cl)(c1ccccc1)c1ccccc1. The lowest BCUT2D eigenvalue weighted by molar-refractivity contribution is 1.74. The van der Waals surface area contributed by atoms with Crippen LogP contribution in [0.3, 0.4) is 0 Å². The van der Waals surface area contributed by atoms with Crippen molar-refractivity contribution >= 4 is 83.7 Å². The van der Waals surface area contributed by atoms with Crippen LogP contribution < -0.4 is 15.6 Å². The zero-order valence-electron chi connectivity index (χ0n) is 13.1. The molecule has 0 radical (unpaired) electrons. The van der Waals surface area contributed by atoms with Gasteiger partial charge < -0.3 is 0 Å². The summed E-state index contributed by atoms with van der Waals surface area (Å²) in [6.07, 6.45) is 0. The lowest BCUT2D eigenvalue weighted by Crippen LogP contribution is -2.48. The van der Waals surface area contributed by atoms with E-state index in [2.05, 4.69) is 0 Å². The van der Waals surface area contributed by atoms with E-state index in [-0.39, 0.29) is 0 Å². The van der Waals surface area contributed by atoms with E-state index in [1.54, 1.807) is 0 Å². The van der Waals surface area contributed by atoms with Crippen molar-refractivity contribution in [2.75, 3.05) is 0 Å². The molecular weight excluding hydrogens is 450 g/mol. The Hall–Kier alpha value is -0.456. The van der Waals surface area contributed by atoms with Crippen LogP contribution in [0.2, 0.25) is 0 Å². The van der Waals surface area contributed by atoms with Crippen molar-refractivity contribution in [1.82, 2.24) is 0 Å². The third-order valence-corrected chi connectivity index (χ3v) is 11.1. The van der Waals surface area contributed by atoms with Crippen molar-refractivity contribution in [3.63, 3.8) is 0 Å². The normalized spacial score (nSPS) is 11.4. The summed E-state index contributed by atoms with van der Waals surface area (Å²) < 4.78 is 0. The molecule has 0 N–H and O–H groups in total. The number of hydrogen-bond donors (Lipinski definition) is 0. The van der Waals surface area contributed by atoms with E-state index in [0.29, 0.717) is 0 Å². The smallest absolute Gasteiger partial charge is 0.134 e. The molecule has 7 heteroatoms. The molecule has 0 aliphatic rings. The summed E-state index contributed by atoms with van der Waals surface area (Å²) >= 11 is 30.2. The molecule has 0 unspecified atom stereocenters. The number of hydrogen-bond acceptors (Lipinski definition) is 0. The highest BCUT2D eigenvalue weighted by Crippen LogP contribution is 2.18. The fourth-order valence-corrected chi connectivity index (χ4v) is 6.86. The minimum Gasteiger partial charge on any atom is -0.134 e. The molecule has 0 nitrogen and oxygen atoms in total. The van der Waals surface area contributed by atoms with Crippen LogP contribution in [0.4, 0.5) is 0 Å². The Bertz CT molecular complexity index is 718. The van der Waals surface area contributed by atoms with Crippen molar-refractivity contribution in [3.05, 3.63) is 91.0 Å². The van der Waals surface area contributed by atoms with Crippen molar-refractivity contribution in [2.45, 2.75) is 0 Å². The summed E-state index contributed by atoms with van der Waals surface area (Å²) in [4.78, 5) is 0. The van der Waals surface area contributed by atoms with Gasteiger partial charge in [0.1, 0.15) is 0 Å². The van der Waals surface area contributed by atoms with Gasteiger partial charge in [0.2, 0.25) is 0 Å². The van der Waals surface area contributed by atoms with Gasteiger partial charge in [-0.25, -0.2) is 0 Å². The summed E-state index contributed by atoms with van der Waals surface area (Å²) in [6.45, 7) is -2.51. The fraction of sp³-hybridized carbons (Fsp3) is 0. The van der Waals surface area contributed by atoms with Gasteiger partial charge in [0, 0.05) is 0 Å². The lowest BCUT2D eigenvalue weighted by Gasteiger charge is -2.17. The van der Waals surface area contributed by atoms with Gasteiger partial charge in [0.05, 0.1) is 0 Å². The molecule has 0 aromatic heterocycles. The fourth-order valence-electron chi connectivity index (χ4n) is 2.09. The average Bonchev–Trinajstić information content (AvgIpc) is 2.64. The van der Waals surface area contributed by atoms with Gasteiger partial charge in [-0.2, -0.15) is 0 Å². The zero-order valence-corrected chi connectivity index (χ0v) is 18.8. The second-order valence-electron chi connectivity index (χ2n) is 5.17. The van der Waals surface area contributed by atoms with Gasteiger partial charge in [-0.1, -0.05) is 91.0 Å². The molecule has 0 heterocycles. The Morgan fingerprint density at radius 2 is 0.680 bits per heavy atom. The van der Waals surface area contributed by atoms with E-state index >= 15 is 0 Å². The topological polar surface area (TPSA) is 0 Å². The van der Waals surface area contributed by atoms with E-state index in [0.717, 1.165) is 15.6 Å². The maximum atomic E-state index is 6.49. The summed E-state index contributed by atoms with van der Waals surface area (Å²) in [7, 11) is 0. The summed E-state index contributed by atoms with van der Waals surface area (Å²) in [5.74, 6) is 0. The molecule has 0 amide bonds. The Morgan fingerprint density at radius 1 is 0.400 bits per heavy atom. The van der Waals surface area contributed by atoms with Crippen molar-refractivity contribution in [3.8, 4) is 0 Å². The van der Waals surface area contributed by atoms with Gasteiger partial charge in [-0.15, -0.1) is 55.4 Å². The van der Waals surface area contributed by atoms with Crippen LogP contribution in [0.1, 0.15) is 0 Å². The summed E-state index contributed by atoms with van der Waals surface area (Å²) in [5.41, 5.74) is 0. The van der Waals surface area contributed by atoms with Crippen LogP contribution in [0.5, 0.6) is 0 Å². The highest BCUT2D eigenvalue weighted by Gasteiger charge is 2.32. The first-order chi connectivity index (χ1) is 11.8. The third kappa shape index (κ3) is 6.33. The standard InChI is InChI=1S/C12H10Cl2Si.C6H5Cl3Si/c13-15(14,11-7-3-1-4-8-11)12-9-5-2-6-10-12;7-10(8,9)6-4-2-1-3-5-6/h1-10H;1-5H. The minimum absolute atomic E-state index is 0.833. The average molecular weight is 465 g/mol. The third-order valence-electron chi connectivity index (χ3n) is 3.37. The van der Waals surface area contributed by atoms with E-state index < -0.39 is 12.7 Å². The first-order valence-corrected chi connectivity index (χ1v) is 16.5. The molecule has 0 atom stereocenters. The van der Waals surface area contributed by atoms with Gasteiger partial charge in [-0.05, 0) is 15.6 Å². The van der Waals surface area contributed by atoms with Crippen molar-refractivity contribution in [2.24, 2.45) is 0 Å². The van der Waals surface area contributed by atoms with Gasteiger partial charge >= 0.3 is 12.7 Å². The molecule has 25 heavy (non-hydrogen) atoms. The van der Waals surface area contributed by atoms with Gasteiger partial charge in [-0.3, -0.25) is 0 Å². The predicted molar refractivity (Wildman–Crippen MR) is 119 cm³/mol. The Balaban J connectivity index is 0.000000196. The van der Waals surface area contributed by atoms with Crippen LogP contribution in [0.25, 0.3) is 0 Å². The molecule has 0 saturated heterocycles. The number of rotatable bonds is 3. The zero-order chi connectivity index (χ0) is 18.3. The molecule has 0 fully saturated rings. The molecule has 3 aromatic rings. The molecule has 0 spiro atoms. The highest BCUT2D eigenvalue weighted by molar-refractivity contribution is 7.69. The maximum absolute atomic E-state index is 6.49. The molecule has 3 rings (SSSR count). The first kappa shape index (κ1) is 20.9. The largest absolute Gasteiger partial charge is 0.372 e.